The Bertz CT molecular complexity index is 828. The molecule has 0 aromatic heterocycles. The Morgan fingerprint density at radius 1 is 1.12 bits per heavy atom. The van der Waals surface area contributed by atoms with Gasteiger partial charge in [-0.3, -0.25) is 9.52 Å². The Labute approximate surface area is 152 Å². The number of benzene rings is 2. The maximum Gasteiger partial charge on any atom is 0.233 e. The van der Waals surface area contributed by atoms with Crippen molar-refractivity contribution in [3.63, 3.8) is 0 Å². The van der Waals surface area contributed by atoms with Gasteiger partial charge in [0.1, 0.15) is 6.61 Å². The molecule has 0 bridgehead atoms. The van der Waals surface area contributed by atoms with E-state index in [1.807, 2.05) is 0 Å². The van der Waals surface area contributed by atoms with Gasteiger partial charge in [0.05, 0.1) is 12.3 Å². The standard InChI is InChI=1S/C18H21FN2O4S/c1-21(12-13-25-17-10-6-5-9-16(17)19)18(22)11-14-26(23,24)20-15-7-3-2-4-8-15/h2-10,20H,11-14H2,1H3. The van der Waals surface area contributed by atoms with Crippen molar-refractivity contribution in [2.24, 2.45) is 0 Å². The SMILES string of the molecule is CN(CCOc1ccccc1F)C(=O)CCS(=O)(=O)Nc1ccccc1. The summed E-state index contributed by atoms with van der Waals surface area (Å²) in [5.41, 5.74) is 0.451. The fraction of sp³-hybridized carbons (Fsp3) is 0.278. The van der Waals surface area contributed by atoms with Crippen molar-refractivity contribution in [1.82, 2.24) is 4.90 Å². The van der Waals surface area contributed by atoms with Crippen molar-refractivity contribution in [1.29, 1.82) is 0 Å². The van der Waals surface area contributed by atoms with Crippen molar-refractivity contribution in [2.75, 3.05) is 30.7 Å². The second-order valence-corrected chi connectivity index (χ2v) is 7.47. The molecule has 6 nitrogen and oxygen atoms in total. The molecule has 140 valence electrons. The first-order chi connectivity index (χ1) is 12.4. The molecule has 2 rings (SSSR count). The number of anilines is 1. The quantitative estimate of drug-likeness (QED) is 0.725. The van der Waals surface area contributed by atoms with E-state index in [1.54, 1.807) is 49.5 Å². The second-order valence-electron chi connectivity index (χ2n) is 5.63. The predicted octanol–water partition coefficient (Wildman–Crippen LogP) is 2.49. The number of sulfonamides is 1. The molecular formula is C18H21FN2O4S. The highest BCUT2D eigenvalue weighted by Crippen LogP contribution is 2.15. The fourth-order valence-corrected chi connectivity index (χ4v) is 3.17. The van der Waals surface area contributed by atoms with E-state index in [1.165, 1.54) is 17.0 Å². The summed E-state index contributed by atoms with van der Waals surface area (Å²) in [6.45, 7) is 0.331. The first-order valence-electron chi connectivity index (χ1n) is 8.04. The van der Waals surface area contributed by atoms with Crippen LogP contribution in [-0.4, -0.2) is 45.2 Å². The third-order valence-corrected chi connectivity index (χ3v) is 4.87. The third-order valence-electron chi connectivity index (χ3n) is 3.58. The van der Waals surface area contributed by atoms with Gasteiger partial charge >= 0.3 is 0 Å². The van der Waals surface area contributed by atoms with Gasteiger partial charge in [0.15, 0.2) is 11.6 Å². The van der Waals surface area contributed by atoms with Crippen molar-refractivity contribution < 1.29 is 22.3 Å². The van der Waals surface area contributed by atoms with E-state index in [2.05, 4.69) is 4.72 Å². The van der Waals surface area contributed by atoms with E-state index in [9.17, 15) is 17.6 Å². The zero-order chi connectivity index (χ0) is 19.0. The normalized spacial score (nSPS) is 11.0. The predicted molar refractivity (Wildman–Crippen MR) is 98.0 cm³/mol. The number of para-hydroxylation sites is 2. The summed E-state index contributed by atoms with van der Waals surface area (Å²) < 4.78 is 45.2. The molecule has 2 aromatic carbocycles. The molecule has 2 aromatic rings. The number of rotatable bonds is 9. The molecular weight excluding hydrogens is 359 g/mol. The van der Waals surface area contributed by atoms with Gasteiger partial charge in [-0.15, -0.1) is 0 Å². The maximum atomic E-state index is 13.4. The van der Waals surface area contributed by atoms with Gasteiger partial charge < -0.3 is 9.64 Å². The number of carbonyl (C=O) groups excluding carboxylic acids is 1. The number of halogens is 1. The number of nitrogens with zero attached hydrogens (tertiary/aromatic N) is 1. The highest BCUT2D eigenvalue weighted by atomic mass is 32.2. The van der Waals surface area contributed by atoms with Crippen LogP contribution in [0.3, 0.4) is 0 Å². The van der Waals surface area contributed by atoms with Crippen LogP contribution in [0.5, 0.6) is 5.75 Å². The van der Waals surface area contributed by atoms with Crippen LogP contribution in [-0.2, 0) is 14.8 Å². The largest absolute Gasteiger partial charge is 0.489 e. The van der Waals surface area contributed by atoms with Gasteiger partial charge in [-0.2, -0.15) is 0 Å². The van der Waals surface area contributed by atoms with E-state index < -0.39 is 15.8 Å². The third kappa shape index (κ3) is 6.36. The summed E-state index contributed by atoms with van der Waals surface area (Å²) in [5.74, 6) is -1.01. The molecule has 0 unspecified atom stereocenters. The number of hydrogen-bond donors (Lipinski definition) is 1. The topological polar surface area (TPSA) is 75.7 Å². The maximum absolute atomic E-state index is 13.4. The minimum atomic E-state index is -3.61. The Kier molecular flexibility index (Phi) is 6.97. The number of hydrogen-bond acceptors (Lipinski definition) is 4. The van der Waals surface area contributed by atoms with Crippen molar-refractivity contribution in [2.45, 2.75) is 6.42 Å². The molecule has 1 N–H and O–H groups in total. The second kappa shape index (κ2) is 9.19. The van der Waals surface area contributed by atoms with Crippen LogP contribution in [0.1, 0.15) is 6.42 Å². The van der Waals surface area contributed by atoms with E-state index in [0.717, 1.165) is 0 Å². The highest BCUT2D eigenvalue weighted by Gasteiger charge is 2.16. The van der Waals surface area contributed by atoms with Crippen LogP contribution in [0.15, 0.2) is 54.6 Å². The molecule has 0 aliphatic heterocycles. The first kappa shape index (κ1) is 19.7. The average molecular weight is 380 g/mol. The van der Waals surface area contributed by atoms with Crippen LogP contribution < -0.4 is 9.46 Å². The van der Waals surface area contributed by atoms with E-state index in [0.29, 0.717) is 5.69 Å². The fourth-order valence-electron chi connectivity index (χ4n) is 2.13. The molecule has 0 radical (unpaired) electrons. The first-order valence-corrected chi connectivity index (χ1v) is 9.69. The van der Waals surface area contributed by atoms with Crippen LogP contribution in [0.4, 0.5) is 10.1 Å². The van der Waals surface area contributed by atoms with E-state index in [4.69, 9.17) is 4.74 Å². The lowest BCUT2D eigenvalue weighted by Gasteiger charge is -2.18. The summed E-state index contributed by atoms with van der Waals surface area (Å²) in [4.78, 5) is 13.4. The lowest BCUT2D eigenvalue weighted by atomic mass is 10.3. The molecule has 0 atom stereocenters. The molecule has 0 saturated heterocycles. The van der Waals surface area contributed by atoms with Gasteiger partial charge in [-0.25, -0.2) is 12.8 Å². The smallest absolute Gasteiger partial charge is 0.233 e. The lowest BCUT2D eigenvalue weighted by Crippen LogP contribution is -2.32. The van der Waals surface area contributed by atoms with Gasteiger partial charge in [0.25, 0.3) is 0 Å². The van der Waals surface area contributed by atoms with E-state index in [-0.39, 0.29) is 37.0 Å². The molecule has 1 amide bonds. The monoisotopic (exact) mass is 380 g/mol. The van der Waals surface area contributed by atoms with Gasteiger partial charge in [-0.1, -0.05) is 30.3 Å². The van der Waals surface area contributed by atoms with Crippen LogP contribution in [0, 0.1) is 5.82 Å². The van der Waals surface area contributed by atoms with Gasteiger partial charge in [-0.05, 0) is 24.3 Å². The number of ether oxygens (including phenoxy) is 1. The molecule has 0 aliphatic carbocycles. The summed E-state index contributed by atoms with van der Waals surface area (Å²) in [6.07, 6.45) is -0.154. The molecule has 0 aliphatic rings. The van der Waals surface area contributed by atoms with Gasteiger partial charge in [0.2, 0.25) is 15.9 Å². The van der Waals surface area contributed by atoms with Gasteiger partial charge in [0, 0.05) is 19.2 Å². The molecule has 0 saturated carbocycles. The van der Waals surface area contributed by atoms with Crippen molar-refractivity contribution in [3.8, 4) is 5.75 Å². The summed E-state index contributed by atoms with van der Waals surface area (Å²) in [6, 6.07) is 14.5. The Hall–Kier alpha value is -2.61. The molecule has 0 heterocycles. The van der Waals surface area contributed by atoms with Crippen molar-refractivity contribution >= 4 is 21.6 Å². The number of nitrogens with one attached hydrogen (secondary N) is 1. The summed E-state index contributed by atoms with van der Waals surface area (Å²) >= 11 is 0. The van der Waals surface area contributed by atoms with E-state index >= 15 is 0 Å². The molecule has 0 spiro atoms. The molecule has 8 heteroatoms. The zero-order valence-electron chi connectivity index (χ0n) is 14.4. The van der Waals surface area contributed by atoms with Crippen molar-refractivity contribution in [3.05, 3.63) is 60.4 Å². The molecule has 0 fully saturated rings. The van der Waals surface area contributed by atoms with Crippen LogP contribution in [0.25, 0.3) is 0 Å². The molecule has 26 heavy (non-hydrogen) atoms. The van der Waals surface area contributed by atoms with Crippen LogP contribution in [0.2, 0.25) is 0 Å². The Morgan fingerprint density at radius 2 is 1.77 bits per heavy atom. The zero-order valence-corrected chi connectivity index (χ0v) is 15.2. The highest BCUT2D eigenvalue weighted by molar-refractivity contribution is 7.92. The Balaban J connectivity index is 1.75. The number of carbonyl (C=O) groups is 1. The van der Waals surface area contributed by atoms with Crippen LogP contribution >= 0.6 is 0 Å². The Morgan fingerprint density at radius 3 is 2.46 bits per heavy atom. The average Bonchev–Trinajstić information content (AvgIpc) is 2.61. The summed E-state index contributed by atoms with van der Waals surface area (Å²) in [7, 11) is -2.06. The lowest BCUT2D eigenvalue weighted by molar-refractivity contribution is -0.129. The minimum Gasteiger partial charge on any atom is -0.489 e. The number of likely N-dealkylation sites (N-methyl/N-ethyl adjacent to an activating group) is 1. The number of amides is 1. The minimum absolute atomic E-state index is 0.109. The summed E-state index contributed by atoms with van der Waals surface area (Å²) in [5, 5.41) is 0.